The number of thioether (sulfide) groups is 1. The smallest absolute Gasteiger partial charge is 0.251 e. The van der Waals surface area contributed by atoms with Crippen molar-refractivity contribution in [2.45, 2.75) is 17.1 Å². The first kappa shape index (κ1) is 12.3. The van der Waals surface area contributed by atoms with Crippen LogP contribution in [0, 0.1) is 0 Å². The number of hydrogen-bond acceptors (Lipinski definition) is 4. The number of anilines is 1. The summed E-state index contributed by atoms with van der Waals surface area (Å²) in [5.74, 6) is -0.0563. The van der Waals surface area contributed by atoms with E-state index in [1.165, 1.54) is 0 Å². The highest BCUT2D eigenvalue weighted by molar-refractivity contribution is 8.00. The highest BCUT2D eigenvalue weighted by Gasteiger charge is 2.21. The molecule has 5 heteroatoms. The van der Waals surface area contributed by atoms with Gasteiger partial charge in [0.15, 0.2) is 0 Å². The van der Waals surface area contributed by atoms with Crippen LogP contribution in [0.25, 0.3) is 0 Å². The molecule has 0 bridgehead atoms. The highest BCUT2D eigenvalue weighted by Crippen LogP contribution is 2.32. The van der Waals surface area contributed by atoms with Gasteiger partial charge >= 0.3 is 0 Å². The van der Waals surface area contributed by atoms with Gasteiger partial charge in [-0.05, 0) is 25.1 Å². The third kappa shape index (κ3) is 2.92. The lowest BCUT2D eigenvalue weighted by Crippen LogP contribution is -2.30. The maximum Gasteiger partial charge on any atom is 0.251 e. The number of nitrogens with two attached hydrogens (primary N) is 1. The van der Waals surface area contributed by atoms with E-state index in [1.54, 1.807) is 23.9 Å². The number of benzene rings is 1. The van der Waals surface area contributed by atoms with Crippen molar-refractivity contribution in [1.82, 2.24) is 5.32 Å². The Balaban J connectivity index is 2.13. The van der Waals surface area contributed by atoms with Crippen LogP contribution in [0.2, 0.25) is 0 Å². The molecule has 4 nitrogen and oxygen atoms in total. The van der Waals surface area contributed by atoms with E-state index in [0.717, 1.165) is 23.8 Å². The normalized spacial score (nSPS) is 15.4. The number of carbonyl (C=O) groups is 1. The zero-order valence-electron chi connectivity index (χ0n) is 9.73. The van der Waals surface area contributed by atoms with Crippen LogP contribution in [0.5, 0.6) is 0 Å². The van der Waals surface area contributed by atoms with Crippen LogP contribution in [-0.2, 0) is 4.74 Å². The summed E-state index contributed by atoms with van der Waals surface area (Å²) in [7, 11) is 0. The fraction of sp³-hybridized carbons (Fsp3) is 0.417. The van der Waals surface area contributed by atoms with E-state index >= 15 is 0 Å². The molecule has 0 radical (unpaired) electrons. The Morgan fingerprint density at radius 3 is 2.94 bits per heavy atom. The lowest BCUT2D eigenvalue weighted by molar-refractivity contribution is 0.0455. The van der Waals surface area contributed by atoms with Crippen molar-refractivity contribution in [1.29, 1.82) is 0 Å². The Kier molecular flexibility index (Phi) is 3.91. The Bertz CT molecular complexity index is 419. The lowest BCUT2D eigenvalue weighted by Gasteiger charge is -2.25. The molecule has 0 spiro atoms. The second kappa shape index (κ2) is 5.42. The van der Waals surface area contributed by atoms with Gasteiger partial charge in [-0.2, -0.15) is 0 Å². The summed E-state index contributed by atoms with van der Waals surface area (Å²) >= 11 is 1.68. The van der Waals surface area contributed by atoms with E-state index in [4.69, 9.17) is 10.5 Å². The predicted octanol–water partition coefficient (Wildman–Crippen LogP) is 1.51. The first-order valence-corrected chi connectivity index (χ1v) is 6.50. The quantitative estimate of drug-likeness (QED) is 0.797. The van der Waals surface area contributed by atoms with E-state index in [-0.39, 0.29) is 5.91 Å². The van der Waals surface area contributed by atoms with Gasteiger partial charge in [0.05, 0.1) is 18.5 Å². The molecule has 92 valence electrons. The highest BCUT2D eigenvalue weighted by atomic mass is 32.2. The average Bonchev–Trinajstić information content (AvgIpc) is 2.25. The predicted molar refractivity (Wildman–Crippen MR) is 69.3 cm³/mol. The van der Waals surface area contributed by atoms with Crippen LogP contribution in [0.15, 0.2) is 23.1 Å². The fourth-order valence-corrected chi connectivity index (χ4v) is 2.59. The number of nitrogens with one attached hydrogen (secondary N) is 1. The second-order valence-electron chi connectivity index (χ2n) is 3.89. The second-order valence-corrected chi connectivity index (χ2v) is 5.23. The molecule has 1 aliphatic rings. The van der Waals surface area contributed by atoms with Crippen LogP contribution in [0.1, 0.15) is 17.3 Å². The Morgan fingerprint density at radius 1 is 1.59 bits per heavy atom. The largest absolute Gasteiger partial charge is 0.398 e. The summed E-state index contributed by atoms with van der Waals surface area (Å²) in [4.78, 5) is 12.7. The summed E-state index contributed by atoms with van der Waals surface area (Å²) in [6, 6.07) is 5.39. The molecule has 3 N–H and O–H groups in total. The minimum absolute atomic E-state index is 0.0563. The Morgan fingerprint density at radius 2 is 2.35 bits per heavy atom. The molecule has 0 atom stereocenters. The van der Waals surface area contributed by atoms with Crippen LogP contribution in [0.4, 0.5) is 5.69 Å². The van der Waals surface area contributed by atoms with E-state index in [2.05, 4.69) is 5.32 Å². The topological polar surface area (TPSA) is 64.4 Å². The number of rotatable bonds is 4. The number of hydrogen-bond donors (Lipinski definition) is 2. The van der Waals surface area contributed by atoms with Crippen molar-refractivity contribution in [2.24, 2.45) is 0 Å². The molecule has 17 heavy (non-hydrogen) atoms. The van der Waals surface area contributed by atoms with Crippen LogP contribution in [-0.4, -0.2) is 30.9 Å². The standard InChI is InChI=1S/C12H16N2O2S/c1-2-14-12(15)8-3-4-10(13)11(5-8)17-9-6-16-7-9/h3-5,9H,2,6-7,13H2,1H3,(H,14,15). The van der Waals surface area contributed by atoms with Gasteiger partial charge in [-0.3, -0.25) is 4.79 Å². The number of nitrogen functional groups attached to an aromatic ring is 1. The molecular weight excluding hydrogens is 236 g/mol. The zero-order chi connectivity index (χ0) is 12.3. The number of carbonyl (C=O) groups excluding carboxylic acids is 1. The molecule has 0 saturated carbocycles. The van der Waals surface area contributed by atoms with Gasteiger partial charge in [0.1, 0.15) is 0 Å². The summed E-state index contributed by atoms with van der Waals surface area (Å²) in [5, 5.41) is 3.24. The minimum atomic E-state index is -0.0563. The first-order chi connectivity index (χ1) is 8.20. The maximum atomic E-state index is 11.7. The molecule has 1 aromatic rings. The number of amides is 1. The SMILES string of the molecule is CCNC(=O)c1ccc(N)c(SC2COC2)c1. The number of ether oxygens (including phenoxy) is 1. The Labute approximate surface area is 105 Å². The van der Waals surface area contributed by atoms with Gasteiger partial charge in [-0.15, -0.1) is 11.8 Å². The molecule has 1 amide bonds. The van der Waals surface area contributed by atoms with E-state index in [0.29, 0.717) is 17.4 Å². The van der Waals surface area contributed by atoms with Gasteiger partial charge in [0.25, 0.3) is 5.91 Å². The molecule has 0 unspecified atom stereocenters. The van der Waals surface area contributed by atoms with Crippen molar-refractivity contribution in [2.75, 3.05) is 25.5 Å². The zero-order valence-corrected chi connectivity index (χ0v) is 10.5. The Hall–Kier alpha value is -1.20. The molecule has 0 aliphatic carbocycles. The van der Waals surface area contributed by atoms with Crippen molar-refractivity contribution in [3.05, 3.63) is 23.8 Å². The molecule has 1 heterocycles. The van der Waals surface area contributed by atoms with Gasteiger partial charge in [-0.1, -0.05) is 0 Å². The van der Waals surface area contributed by atoms with Crippen molar-refractivity contribution in [3.63, 3.8) is 0 Å². The molecule has 0 aromatic heterocycles. The van der Waals surface area contributed by atoms with Crippen LogP contribution >= 0.6 is 11.8 Å². The third-order valence-corrected chi connectivity index (χ3v) is 3.73. The summed E-state index contributed by atoms with van der Waals surface area (Å²) in [6.45, 7) is 4.05. The first-order valence-electron chi connectivity index (χ1n) is 5.63. The molecule has 1 aromatic carbocycles. The van der Waals surface area contributed by atoms with Crippen molar-refractivity contribution in [3.8, 4) is 0 Å². The van der Waals surface area contributed by atoms with Crippen molar-refractivity contribution >= 4 is 23.4 Å². The third-order valence-electron chi connectivity index (χ3n) is 2.51. The van der Waals surface area contributed by atoms with Gasteiger partial charge in [-0.25, -0.2) is 0 Å². The molecule has 1 saturated heterocycles. The molecule has 1 aliphatic heterocycles. The average molecular weight is 252 g/mol. The lowest BCUT2D eigenvalue weighted by atomic mass is 10.2. The van der Waals surface area contributed by atoms with E-state index in [9.17, 15) is 4.79 Å². The summed E-state index contributed by atoms with van der Waals surface area (Å²) in [6.07, 6.45) is 0. The van der Waals surface area contributed by atoms with Crippen LogP contribution < -0.4 is 11.1 Å². The van der Waals surface area contributed by atoms with Gasteiger partial charge in [0, 0.05) is 22.7 Å². The van der Waals surface area contributed by atoms with Gasteiger partial charge < -0.3 is 15.8 Å². The van der Waals surface area contributed by atoms with Crippen molar-refractivity contribution < 1.29 is 9.53 Å². The molecule has 1 fully saturated rings. The maximum absolute atomic E-state index is 11.7. The van der Waals surface area contributed by atoms with E-state index < -0.39 is 0 Å². The fourth-order valence-electron chi connectivity index (χ4n) is 1.50. The van der Waals surface area contributed by atoms with Gasteiger partial charge in [0.2, 0.25) is 0 Å². The summed E-state index contributed by atoms with van der Waals surface area (Å²) in [5.41, 5.74) is 7.27. The molecule has 2 rings (SSSR count). The van der Waals surface area contributed by atoms with Crippen LogP contribution in [0.3, 0.4) is 0 Å². The molecular formula is C12H16N2O2S. The minimum Gasteiger partial charge on any atom is -0.398 e. The monoisotopic (exact) mass is 252 g/mol. The van der Waals surface area contributed by atoms with E-state index in [1.807, 2.05) is 13.0 Å². The summed E-state index contributed by atoms with van der Waals surface area (Å²) < 4.78 is 5.12.